The normalized spacial score (nSPS) is 11.4. The maximum atomic E-state index is 13.3. The van der Waals surface area contributed by atoms with Gasteiger partial charge >= 0.3 is 0 Å². The first-order valence-electron chi connectivity index (χ1n) is 9.35. The third-order valence-electron chi connectivity index (χ3n) is 4.74. The highest BCUT2D eigenvalue weighted by Crippen LogP contribution is 2.17. The minimum atomic E-state index is -0.122. The Morgan fingerprint density at radius 1 is 0.931 bits per heavy atom. The second-order valence-electron chi connectivity index (χ2n) is 6.79. The lowest BCUT2D eigenvalue weighted by Crippen LogP contribution is -2.24. The lowest BCUT2D eigenvalue weighted by Gasteiger charge is -2.12. The van der Waals surface area contributed by atoms with Crippen LogP contribution in [0, 0.1) is 0 Å². The number of halogens is 1. The van der Waals surface area contributed by atoms with Crippen molar-refractivity contribution >= 4 is 34.7 Å². The Morgan fingerprint density at radius 3 is 2.52 bits per heavy atom. The molecule has 0 aliphatic carbocycles. The summed E-state index contributed by atoms with van der Waals surface area (Å²) in [6.07, 6.45) is 3.83. The number of hydrogen-bond donors (Lipinski definition) is 1. The molecule has 4 nitrogen and oxygen atoms in total. The molecule has 1 heterocycles. The molecule has 3 aromatic carbocycles. The van der Waals surface area contributed by atoms with Gasteiger partial charge in [-0.2, -0.15) is 0 Å². The molecule has 0 aliphatic rings. The van der Waals surface area contributed by atoms with Crippen molar-refractivity contribution in [3.8, 4) is 0 Å². The fourth-order valence-corrected chi connectivity index (χ4v) is 3.43. The lowest BCUT2D eigenvalue weighted by molar-refractivity contribution is 0.737. The molecule has 144 valence electrons. The van der Waals surface area contributed by atoms with Crippen LogP contribution in [0.2, 0.25) is 5.02 Å². The van der Waals surface area contributed by atoms with Gasteiger partial charge in [-0.25, -0.2) is 4.98 Å². The van der Waals surface area contributed by atoms with Gasteiger partial charge in [-0.1, -0.05) is 72.3 Å². The number of benzene rings is 3. The van der Waals surface area contributed by atoms with Gasteiger partial charge in [-0.15, -0.1) is 0 Å². The van der Waals surface area contributed by atoms with E-state index < -0.39 is 0 Å². The number of aromatic nitrogens is 2. The maximum Gasteiger partial charge on any atom is 0.261 e. The third kappa shape index (κ3) is 4.29. The topological polar surface area (TPSA) is 60.9 Å². The van der Waals surface area contributed by atoms with E-state index in [0.29, 0.717) is 34.8 Å². The van der Waals surface area contributed by atoms with E-state index in [1.165, 1.54) is 0 Å². The highest BCUT2D eigenvalue weighted by Gasteiger charge is 2.11. The summed E-state index contributed by atoms with van der Waals surface area (Å²) >= 11 is 6.12. The van der Waals surface area contributed by atoms with Crippen LogP contribution in [0.5, 0.6) is 0 Å². The van der Waals surface area contributed by atoms with Crippen molar-refractivity contribution in [3.63, 3.8) is 0 Å². The number of hydrogen-bond acceptors (Lipinski definition) is 3. The van der Waals surface area contributed by atoms with Crippen LogP contribution in [0.15, 0.2) is 77.6 Å². The summed E-state index contributed by atoms with van der Waals surface area (Å²) in [5.41, 5.74) is 9.32. The van der Waals surface area contributed by atoms with Gasteiger partial charge in [0.1, 0.15) is 5.82 Å². The second-order valence-corrected chi connectivity index (χ2v) is 7.23. The van der Waals surface area contributed by atoms with E-state index in [4.69, 9.17) is 22.3 Å². The van der Waals surface area contributed by atoms with Gasteiger partial charge in [0.05, 0.1) is 17.4 Å². The van der Waals surface area contributed by atoms with E-state index in [1.54, 1.807) is 22.8 Å². The first kappa shape index (κ1) is 19.1. The quantitative estimate of drug-likeness (QED) is 0.526. The minimum Gasteiger partial charge on any atom is -0.326 e. The molecule has 29 heavy (non-hydrogen) atoms. The second kappa shape index (κ2) is 8.43. The van der Waals surface area contributed by atoms with Crippen molar-refractivity contribution in [2.45, 2.75) is 13.1 Å². The molecule has 0 amide bonds. The highest BCUT2D eigenvalue weighted by molar-refractivity contribution is 6.31. The molecule has 0 saturated carbocycles. The van der Waals surface area contributed by atoms with E-state index in [9.17, 15) is 4.79 Å². The van der Waals surface area contributed by atoms with Gasteiger partial charge in [-0.3, -0.25) is 9.36 Å². The zero-order valence-electron chi connectivity index (χ0n) is 15.8. The van der Waals surface area contributed by atoms with Crippen LogP contribution in [-0.4, -0.2) is 9.55 Å². The summed E-state index contributed by atoms with van der Waals surface area (Å²) in [5, 5.41) is 1.02. The molecule has 4 rings (SSSR count). The van der Waals surface area contributed by atoms with Crippen LogP contribution < -0.4 is 11.3 Å². The summed E-state index contributed by atoms with van der Waals surface area (Å²) in [6.45, 7) is 0.853. The Hall–Kier alpha value is -3.21. The molecule has 2 N–H and O–H groups in total. The van der Waals surface area contributed by atoms with Gasteiger partial charge in [0.25, 0.3) is 5.56 Å². The minimum absolute atomic E-state index is 0.122. The predicted octanol–water partition coefficient (Wildman–Crippen LogP) is 4.73. The SMILES string of the molecule is NCc1cccc(Cn2c(C=Cc3ccccc3)nc3ccc(Cl)cc3c2=O)c1. The van der Waals surface area contributed by atoms with Gasteiger partial charge in [-0.05, 0) is 41.0 Å². The fourth-order valence-electron chi connectivity index (χ4n) is 3.26. The van der Waals surface area contributed by atoms with E-state index in [1.807, 2.05) is 66.7 Å². The number of rotatable bonds is 5. The summed E-state index contributed by atoms with van der Waals surface area (Å²) in [6, 6.07) is 23.0. The van der Waals surface area contributed by atoms with E-state index in [2.05, 4.69) is 0 Å². The van der Waals surface area contributed by atoms with Crippen molar-refractivity contribution < 1.29 is 0 Å². The molecule has 0 radical (unpaired) electrons. The summed E-state index contributed by atoms with van der Waals surface area (Å²) in [5.74, 6) is 0.590. The predicted molar refractivity (Wildman–Crippen MR) is 120 cm³/mol. The van der Waals surface area contributed by atoms with Crippen molar-refractivity contribution in [2.75, 3.05) is 0 Å². The van der Waals surface area contributed by atoms with Gasteiger partial charge in [0.2, 0.25) is 0 Å². The van der Waals surface area contributed by atoms with Crippen molar-refractivity contribution in [1.29, 1.82) is 0 Å². The average Bonchev–Trinajstić information content (AvgIpc) is 2.76. The van der Waals surface area contributed by atoms with Crippen molar-refractivity contribution in [3.05, 3.63) is 111 Å². The van der Waals surface area contributed by atoms with Crippen LogP contribution >= 0.6 is 11.6 Å². The van der Waals surface area contributed by atoms with Crippen LogP contribution in [-0.2, 0) is 13.1 Å². The molecule has 5 heteroatoms. The van der Waals surface area contributed by atoms with E-state index in [0.717, 1.165) is 16.7 Å². The molecule has 0 unspecified atom stereocenters. The van der Waals surface area contributed by atoms with Gasteiger partial charge in [0.15, 0.2) is 0 Å². The monoisotopic (exact) mass is 401 g/mol. The Balaban J connectivity index is 1.85. The molecule has 0 fully saturated rings. The first-order valence-corrected chi connectivity index (χ1v) is 9.73. The Bertz CT molecular complexity index is 1250. The average molecular weight is 402 g/mol. The summed E-state index contributed by atoms with van der Waals surface area (Å²) in [7, 11) is 0. The molecule has 1 aromatic heterocycles. The molecular weight excluding hydrogens is 382 g/mol. The van der Waals surface area contributed by atoms with Gasteiger partial charge in [0, 0.05) is 11.6 Å². The number of fused-ring (bicyclic) bond motifs is 1. The zero-order valence-corrected chi connectivity index (χ0v) is 16.5. The smallest absolute Gasteiger partial charge is 0.261 e. The zero-order chi connectivity index (χ0) is 20.2. The first-order chi connectivity index (χ1) is 14.1. The Kier molecular flexibility index (Phi) is 5.56. The molecule has 0 spiro atoms. The van der Waals surface area contributed by atoms with Crippen LogP contribution in [0.4, 0.5) is 0 Å². The Labute approximate surface area is 173 Å². The molecule has 0 saturated heterocycles. The van der Waals surface area contributed by atoms with Crippen molar-refractivity contribution in [2.24, 2.45) is 5.73 Å². The lowest BCUT2D eigenvalue weighted by atomic mass is 10.1. The van der Waals surface area contributed by atoms with Crippen LogP contribution in [0.3, 0.4) is 0 Å². The third-order valence-corrected chi connectivity index (χ3v) is 4.97. The fraction of sp³-hybridized carbons (Fsp3) is 0.0833. The summed E-state index contributed by atoms with van der Waals surface area (Å²) < 4.78 is 1.67. The standard InChI is InChI=1S/C24H20ClN3O/c25-20-10-11-22-21(14-20)24(29)28(16-19-8-4-7-18(13-19)15-26)23(27-22)12-9-17-5-2-1-3-6-17/h1-14H,15-16,26H2. The molecule has 0 bridgehead atoms. The largest absolute Gasteiger partial charge is 0.326 e. The van der Waals surface area contributed by atoms with Crippen LogP contribution in [0.1, 0.15) is 22.5 Å². The van der Waals surface area contributed by atoms with Crippen molar-refractivity contribution in [1.82, 2.24) is 9.55 Å². The van der Waals surface area contributed by atoms with E-state index in [-0.39, 0.29) is 5.56 Å². The number of nitrogens with two attached hydrogens (primary N) is 1. The molecule has 4 aromatic rings. The molecule has 0 atom stereocenters. The van der Waals surface area contributed by atoms with Gasteiger partial charge < -0.3 is 5.73 Å². The van der Waals surface area contributed by atoms with Crippen LogP contribution in [0.25, 0.3) is 23.1 Å². The van der Waals surface area contributed by atoms with E-state index >= 15 is 0 Å². The Morgan fingerprint density at radius 2 is 1.72 bits per heavy atom. The molecular formula is C24H20ClN3O. The highest BCUT2D eigenvalue weighted by atomic mass is 35.5. The summed E-state index contributed by atoms with van der Waals surface area (Å²) in [4.78, 5) is 18.0. The number of nitrogens with zero attached hydrogens (tertiary/aromatic N) is 2. The maximum absolute atomic E-state index is 13.3. The molecule has 0 aliphatic heterocycles.